The van der Waals surface area contributed by atoms with E-state index in [1.54, 1.807) is 10.8 Å². The van der Waals surface area contributed by atoms with Crippen molar-refractivity contribution in [3.05, 3.63) is 23.0 Å². The number of rotatable bonds is 7. The molecule has 2 N–H and O–H groups in total. The van der Waals surface area contributed by atoms with Gasteiger partial charge in [-0.25, -0.2) is 0 Å². The van der Waals surface area contributed by atoms with Crippen molar-refractivity contribution in [3.63, 3.8) is 0 Å². The lowest BCUT2D eigenvalue weighted by atomic mass is 10.2. The highest BCUT2D eigenvalue weighted by molar-refractivity contribution is 5.94. The van der Waals surface area contributed by atoms with E-state index in [1.165, 1.54) is 11.0 Å². The standard InChI is InChI=1S/C15H24N4O2/c1-5-6-9-19(10-14(16)20)15(21)8-7-13-11(2)17-18(4)12(13)3/h7-8H,5-6,9-10H2,1-4H3,(H2,16,20). The van der Waals surface area contributed by atoms with Crippen molar-refractivity contribution >= 4 is 17.9 Å². The third-order valence-electron chi connectivity index (χ3n) is 3.40. The number of primary amides is 1. The first-order chi connectivity index (χ1) is 9.86. The summed E-state index contributed by atoms with van der Waals surface area (Å²) in [4.78, 5) is 24.7. The third kappa shape index (κ3) is 4.73. The molecule has 0 spiro atoms. The lowest BCUT2D eigenvalue weighted by Gasteiger charge is -2.19. The van der Waals surface area contributed by atoms with E-state index in [-0.39, 0.29) is 12.5 Å². The highest BCUT2D eigenvalue weighted by Gasteiger charge is 2.13. The summed E-state index contributed by atoms with van der Waals surface area (Å²) in [5, 5.41) is 4.30. The first kappa shape index (κ1) is 16.9. The van der Waals surface area contributed by atoms with Gasteiger partial charge in [-0.2, -0.15) is 5.10 Å². The van der Waals surface area contributed by atoms with E-state index in [1.807, 2.05) is 27.8 Å². The number of nitrogens with two attached hydrogens (primary N) is 1. The van der Waals surface area contributed by atoms with Crippen LogP contribution in [0.15, 0.2) is 6.08 Å². The van der Waals surface area contributed by atoms with E-state index in [0.717, 1.165) is 29.8 Å². The molecular formula is C15H24N4O2. The molecule has 2 amide bonds. The van der Waals surface area contributed by atoms with Gasteiger partial charge < -0.3 is 10.6 Å². The second kappa shape index (κ2) is 7.61. The van der Waals surface area contributed by atoms with E-state index in [9.17, 15) is 9.59 Å². The fourth-order valence-corrected chi connectivity index (χ4v) is 2.10. The molecule has 1 heterocycles. The normalized spacial score (nSPS) is 11.0. The first-order valence-corrected chi connectivity index (χ1v) is 7.12. The number of nitrogens with zero attached hydrogens (tertiary/aromatic N) is 3. The average molecular weight is 292 g/mol. The molecule has 6 heteroatoms. The van der Waals surface area contributed by atoms with E-state index in [0.29, 0.717) is 6.54 Å². The van der Waals surface area contributed by atoms with Gasteiger partial charge in [0.1, 0.15) is 0 Å². The molecule has 0 aliphatic carbocycles. The summed E-state index contributed by atoms with van der Waals surface area (Å²) in [6, 6.07) is 0. The van der Waals surface area contributed by atoms with Gasteiger partial charge in [-0.15, -0.1) is 0 Å². The molecule has 0 unspecified atom stereocenters. The molecule has 0 fully saturated rings. The molecule has 0 atom stereocenters. The lowest BCUT2D eigenvalue weighted by Crippen LogP contribution is -2.38. The molecule has 1 rings (SSSR count). The Labute approximate surface area is 125 Å². The summed E-state index contributed by atoms with van der Waals surface area (Å²) >= 11 is 0. The topological polar surface area (TPSA) is 81.2 Å². The minimum atomic E-state index is -0.499. The summed E-state index contributed by atoms with van der Waals surface area (Å²) in [5.74, 6) is -0.702. The SMILES string of the molecule is CCCCN(CC(N)=O)C(=O)C=Cc1c(C)nn(C)c1C. The molecule has 0 saturated heterocycles. The molecule has 6 nitrogen and oxygen atoms in total. The minimum Gasteiger partial charge on any atom is -0.368 e. The van der Waals surface area contributed by atoms with Crippen LogP contribution in [0.4, 0.5) is 0 Å². The fraction of sp³-hybridized carbons (Fsp3) is 0.533. The Morgan fingerprint density at radius 3 is 2.52 bits per heavy atom. The Balaban J connectivity index is 2.84. The maximum absolute atomic E-state index is 12.2. The number of unbranched alkanes of at least 4 members (excludes halogenated alkanes) is 1. The Morgan fingerprint density at radius 2 is 2.05 bits per heavy atom. The monoisotopic (exact) mass is 292 g/mol. The fourth-order valence-electron chi connectivity index (χ4n) is 2.10. The third-order valence-corrected chi connectivity index (χ3v) is 3.40. The Bertz CT molecular complexity index is 546. The molecule has 0 aliphatic heterocycles. The molecule has 1 aromatic heterocycles. The van der Waals surface area contributed by atoms with Gasteiger partial charge in [-0.05, 0) is 26.3 Å². The molecule has 21 heavy (non-hydrogen) atoms. The van der Waals surface area contributed by atoms with Crippen LogP contribution in [0.2, 0.25) is 0 Å². The van der Waals surface area contributed by atoms with Gasteiger partial charge in [-0.1, -0.05) is 13.3 Å². The predicted molar refractivity (Wildman–Crippen MR) is 82.4 cm³/mol. The van der Waals surface area contributed by atoms with Gasteiger partial charge in [0.25, 0.3) is 0 Å². The van der Waals surface area contributed by atoms with Crippen LogP contribution in [-0.2, 0) is 16.6 Å². The summed E-state index contributed by atoms with van der Waals surface area (Å²) in [6.07, 6.45) is 5.03. The van der Waals surface area contributed by atoms with Crippen molar-refractivity contribution in [3.8, 4) is 0 Å². The molecule has 0 aromatic carbocycles. The van der Waals surface area contributed by atoms with Crippen molar-refractivity contribution in [1.82, 2.24) is 14.7 Å². The number of aryl methyl sites for hydroxylation is 2. The van der Waals surface area contributed by atoms with Gasteiger partial charge >= 0.3 is 0 Å². The molecule has 116 valence electrons. The Morgan fingerprint density at radius 1 is 1.38 bits per heavy atom. The molecule has 0 aliphatic rings. The van der Waals surface area contributed by atoms with E-state index in [4.69, 9.17) is 5.73 Å². The number of carbonyl (C=O) groups excluding carboxylic acids is 2. The van der Waals surface area contributed by atoms with Gasteiger partial charge in [0.05, 0.1) is 12.2 Å². The van der Waals surface area contributed by atoms with Gasteiger partial charge in [0, 0.05) is 30.9 Å². The highest BCUT2D eigenvalue weighted by atomic mass is 16.2. The van der Waals surface area contributed by atoms with Crippen molar-refractivity contribution in [1.29, 1.82) is 0 Å². The summed E-state index contributed by atoms with van der Waals surface area (Å²) < 4.78 is 1.78. The van der Waals surface area contributed by atoms with Gasteiger partial charge in [0.15, 0.2) is 0 Å². The molecule has 0 radical (unpaired) electrons. The number of hydrogen-bond acceptors (Lipinski definition) is 3. The minimum absolute atomic E-state index is 0.0474. The largest absolute Gasteiger partial charge is 0.368 e. The quantitative estimate of drug-likeness (QED) is 0.766. The van der Waals surface area contributed by atoms with Crippen LogP contribution in [0.3, 0.4) is 0 Å². The van der Waals surface area contributed by atoms with E-state index in [2.05, 4.69) is 5.10 Å². The van der Waals surface area contributed by atoms with Crippen LogP contribution in [0.1, 0.15) is 36.7 Å². The van der Waals surface area contributed by atoms with Crippen LogP contribution in [-0.4, -0.2) is 39.6 Å². The number of aromatic nitrogens is 2. The van der Waals surface area contributed by atoms with Crippen LogP contribution in [0.5, 0.6) is 0 Å². The summed E-state index contributed by atoms with van der Waals surface area (Å²) in [5.41, 5.74) is 7.98. The highest BCUT2D eigenvalue weighted by Crippen LogP contribution is 2.13. The van der Waals surface area contributed by atoms with E-state index >= 15 is 0 Å². The smallest absolute Gasteiger partial charge is 0.247 e. The maximum atomic E-state index is 12.2. The van der Waals surface area contributed by atoms with E-state index < -0.39 is 5.91 Å². The van der Waals surface area contributed by atoms with Gasteiger partial charge in [0.2, 0.25) is 11.8 Å². The first-order valence-electron chi connectivity index (χ1n) is 7.12. The van der Waals surface area contributed by atoms with Crippen LogP contribution in [0.25, 0.3) is 6.08 Å². The molecule has 0 saturated carbocycles. The average Bonchev–Trinajstić information content (AvgIpc) is 2.65. The molecule has 1 aromatic rings. The Kier molecular flexibility index (Phi) is 6.14. The zero-order valence-electron chi connectivity index (χ0n) is 13.2. The predicted octanol–water partition coefficient (Wildman–Crippen LogP) is 1.16. The second-order valence-corrected chi connectivity index (χ2v) is 5.12. The molecular weight excluding hydrogens is 268 g/mol. The van der Waals surface area contributed by atoms with Crippen molar-refractivity contribution in [2.75, 3.05) is 13.1 Å². The zero-order valence-corrected chi connectivity index (χ0v) is 13.2. The number of amides is 2. The van der Waals surface area contributed by atoms with Crippen LogP contribution in [0, 0.1) is 13.8 Å². The van der Waals surface area contributed by atoms with Crippen molar-refractivity contribution < 1.29 is 9.59 Å². The maximum Gasteiger partial charge on any atom is 0.247 e. The second-order valence-electron chi connectivity index (χ2n) is 5.12. The summed E-state index contributed by atoms with van der Waals surface area (Å²) in [7, 11) is 1.86. The molecule has 0 bridgehead atoms. The van der Waals surface area contributed by atoms with Crippen LogP contribution < -0.4 is 5.73 Å². The number of carbonyl (C=O) groups is 2. The van der Waals surface area contributed by atoms with Crippen molar-refractivity contribution in [2.24, 2.45) is 12.8 Å². The van der Waals surface area contributed by atoms with Crippen LogP contribution >= 0.6 is 0 Å². The van der Waals surface area contributed by atoms with Gasteiger partial charge in [-0.3, -0.25) is 14.3 Å². The van der Waals surface area contributed by atoms with Crippen molar-refractivity contribution in [2.45, 2.75) is 33.6 Å². The Hall–Kier alpha value is -2.11. The zero-order chi connectivity index (χ0) is 16.0. The summed E-state index contributed by atoms with van der Waals surface area (Å²) in [6.45, 7) is 6.37. The lowest BCUT2D eigenvalue weighted by molar-refractivity contribution is -0.131. The number of hydrogen-bond donors (Lipinski definition) is 1.